The summed E-state index contributed by atoms with van der Waals surface area (Å²) >= 11 is 11.7. The molecule has 0 aliphatic carbocycles. The molecule has 0 bridgehead atoms. The quantitative estimate of drug-likeness (QED) is 0.756. The van der Waals surface area contributed by atoms with Gasteiger partial charge < -0.3 is 5.32 Å². The summed E-state index contributed by atoms with van der Waals surface area (Å²) in [5, 5.41) is 3.01. The molecule has 0 radical (unpaired) electrons. The normalized spacial score (nSPS) is 11.3. The minimum absolute atomic E-state index is 0.0501. The maximum atomic E-state index is 12.7. The molecule has 0 unspecified atom stereocenters. The lowest BCUT2D eigenvalue weighted by atomic mass is 10.1. The lowest BCUT2D eigenvalue weighted by molar-refractivity contribution is -0.137. The van der Waals surface area contributed by atoms with E-state index in [4.69, 9.17) is 23.2 Å². The maximum Gasteiger partial charge on any atom is 0.416 e. The number of rotatable bonds is 4. The second-order valence-corrected chi connectivity index (χ2v) is 5.71. The number of nitrogens with one attached hydrogen (secondary N) is 1. The minimum Gasteiger partial charge on any atom is -0.325 e. The van der Waals surface area contributed by atoms with Gasteiger partial charge in [0, 0.05) is 11.4 Å². The Morgan fingerprint density at radius 2 is 1.83 bits per heavy atom. The number of halogens is 5. The molecule has 2 nitrogen and oxygen atoms in total. The molecule has 0 spiro atoms. The third-order valence-corrected chi connectivity index (χ3v) is 3.66. The number of aryl methyl sites for hydroxylation is 1. The minimum atomic E-state index is -4.50. The Morgan fingerprint density at radius 3 is 2.48 bits per heavy atom. The summed E-state index contributed by atoms with van der Waals surface area (Å²) in [7, 11) is 0. The lowest BCUT2D eigenvalue weighted by Gasteiger charge is -2.11. The van der Waals surface area contributed by atoms with Crippen LogP contribution in [0.4, 0.5) is 18.9 Å². The molecule has 0 saturated carbocycles. The zero-order valence-electron chi connectivity index (χ0n) is 11.8. The van der Waals surface area contributed by atoms with Crippen molar-refractivity contribution in [2.75, 3.05) is 5.32 Å². The molecule has 2 aromatic rings. The summed E-state index contributed by atoms with van der Waals surface area (Å²) < 4.78 is 38.0. The highest BCUT2D eigenvalue weighted by molar-refractivity contribution is 6.33. The maximum absolute atomic E-state index is 12.7. The van der Waals surface area contributed by atoms with Crippen LogP contribution < -0.4 is 5.32 Å². The van der Waals surface area contributed by atoms with E-state index >= 15 is 0 Å². The van der Waals surface area contributed by atoms with Crippen LogP contribution in [0.5, 0.6) is 0 Å². The topological polar surface area (TPSA) is 29.1 Å². The molecule has 1 N–H and O–H groups in total. The SMILES string of the molecule is O=C(CCc1cccc(Cl)c1)Nc1cc(C(F)(F)F)ccc1Cl. The average molecular weight is 362 g/mol. The first-order chi connectivity index (χ1) is 10.8. The van der Waals surface area contributed by atoms with E-state index in [0.717, 1.165) is 23.8 Å². The van der Waals surface area contributed by atoms with E-state index in [2.05, 4.69) is 5.32 Å². The van der Waals surface area contributed by atoms with Gasteiger partial charge in [-0.3, -0.25) is 4.79 Å². The monoisotopic (exact) mass is 361 g/mol. The largest absolute Gasteiger partial charge is 0.416 e. The Hall–Kier alpha value is -1.72. The molecule has 0 heterocycles. The van der Waals surface area contributed by atoms with Gasteiger partial charge in [0.1, 0.15) is 0 Å². The molecule has 0 aliphatic rings. The van der Waals surface area contributed by atoms with Gasteiger partial charge >= 0.3 is 6.18 Å². The molecule has 0 aliphatic heterocycles. The second kappa shape index (κ2) is 7.23. The molecule has 1 amide bonds. The van der Waals surface area contributed by atoms with Crippen LogP contribution >= 0.6 is 23.2 Å². The fourth-order valence-electron chi connectivity index (χ4n) is 1.96. The van der Waals surface area contributed by atoms with Crippen LogP contribution in [-0.4, -0.2) is 5.91 Å². The molecule has 0 atom stereocenters. The first-order valence-corrected chi connectivity index (χ1v) is 7.42. The molecule has 0 fully saturated rings. The summed E-state index contributed by atoms with van der Waals surface area (Å²) in [6.45, 7) is 0. The van der Waals surface area contributed by atoms with Crippen molar-refractivity contribution in [2.45, 2.75) is 19.0 Å². The number of carbonyl (C=O) groups is 1. The van der Waals surface area contributed by atoms with E-state index in [1.807, 2.05) is 6.07 Å². The third-order valence-electron chi connectivity index (χ3n) is 3.10. The van der Waals surface area contributed by atoms with Crippen LogP contribution in [-0.2, 0) is 17.4 Å². The van der Waals surface area contributed by atoms with Gasteiger partial charge in [0.25, 0.3) is 0 Å². The van der Waals surface area contributed by atoms with Crippen molar-refractivity contribution in [3.63, 3.8) is 0 Å². The third kappa shape index (κ3) is 5.15. The van der Waals surface area contributed by atoms with E-state index in [1.165, 1.54) is 0 Å². The molecule has 0 aromatic heterocycles. The number of alkyl halides is 3. The number of anilines is 1. The summed E-state index contributed by atoms with van der Waals surface area (Å²) in [5.74, 6) is -0.425. The van der Waals surface area contributed by atoms with Gasteiger partial charge in [-0.05, 0) is 42.3 Å². The highest BCUT2D eigenvalue weighted by Gasteiger charge is 2.31. The van der Waals surface area contributed by atoms with Crippen molar-refractivity contribution in [3.8, 4) is 0 Å². The summed E-state index contributed by atoms with van der Waals surface area (Å²) in [6.07, 6.45) is -3.97. The highest BCUT2D eigenvalue weighted by Crippen LogP contribution is 2.33. The van der Waals surface area contributed by atoms with Crippen LogP contribution in [0.25, 0.3) is 0 Å². The van der Waals surface area contributed by atoms with Gasteiger partial charge in [-0.15, -0.1) is 0 Å². The van der Waals surface area contributed by atoms with Crippen molar-refractivity contribution < 1.29 is 18.0 Å². The molecule has 23 heavy (non-hydrogen) atoms. The van der Waals surface area contributed by atoms with E-state index in [-0.39, 0.29) is 17.1 Å². The Balaban J connectivity index is 2.02. The van der Waals surface area contributed by atoms with Gasteiger partial charge in [0.15, 0.2) is 0 Å². The van der Waals surface area contributed by atoms with Gasteiger partial charge in [0.2, 0.25) is 5.91 Å². The number of benzene rings is 2. The molecular formula is C16H12Cl2F3NO. The Labute approximate surface area is 141 Å². The highest BCUT2D eigenvalue weighted by atomic mass is 35.5. The molecule has 2 aromatic carbocycles. The Kier molecular flexibility index (Phi) is 5.55. The molecule has 0 saturated heterocycles. The van der Waals surface area contributed by atoms with Crippen molar-refractivity contribution in [1.29, 1.82) is 0 Å². The first kappa shape index (κ1) is 17.6. The zero-order chi connectivity index (χ0) is 17.0. The smallest absolute Gasteiger partial charge is 0.325 e. The van der Waals surface area contributed by atoms with Gasteiger partial charge in [-0.25, -0.2) is 0 Å². The van der Waals surface area contributed by atoms with Crippen molar-refractivity contribution >= 4 is 34.8 Å². The van der Waals surface area contributed by atoms with Crippen LogP contribution in [0.1, 0.15) is 17.5 Å². The Bertz CT molecular complexity index is 717. The molecule has 7 heteroatoms. The van der Waals surface area contributed by atoms with Crippen LogP contribution in [0, 0.1) is 0 Å². The lowest BCUT2D eigenvalue weighted by Crippen LogP contribution is -2.14. The molecule has 122 valence electrons. The Morgan fingerprint density at radius 1 is 1.09 bits per heavy atom. The second-order valence-electron chi connectivity index (χ2n) is 4.87. The van der Waals surface area contributed by atoms with Crippen molar-refractivity contribution in [2.24, 2.45) is 0 Å². The van der Waals surface area contributed by atoms with E-state index in [0.29, 0.717) is 11.4 Å². The van der Waals surface area contributed by atoms with E-state index < -0.39 is 17.6 Å². The molecular weight excluding hydrogens is 350 g/mol. The van der Waals surface area contributed by atoms with Crippen LogP contribution in [0.15, 0.2) is 42.5 Å². The number of hydrogen-bond acceptors (Lipinski definition) is 1. The summed E-state index contributed by atoms with van der Waals surface area (Å²) in [4.78, 5) is 11.9. The first-order valence-electron chi connectivity index (χ1n) is 6.67. The zero-order valence-corrected chi connectivity index (χ0v) is 13.3. The van der Waals surface area contributed by atoms with Gasteiger partial charge in [-0.2, -0.15) is 13.2 Å². The average Bonchev–Trinajstić information content (AvgIpc) is 2.46. The standard InChI is InChI=1S/C16H12Cl2F3NO/c17-12-3-1-2-10(8-12)4-7-15(23)22-14-9-11(16(19,20)21)5-6-13(14)18/h1-3,5-6,8-9H,4,7H2,(H,22,23). The molecule has 2 rings (SSSR count). The number of hydrogen-bond donors (Lipinski definition) is 1. The van der Waals surface area contributed by atoms with Crippen molar-refractivity contribution in [3.05, 3.63) is 63.6 Å². The van der Waals surface area contributed by atoms with Crippen LogP contribution in [0.3, 0.4) is 0 Å². The van der Waals surface area contributed by atoms with Crippen LogP contribution in [0.2, 0.25) is 10.0 Å². The van der Waals surface area contributed by atoms with Gasteiger partial charge in [0.05, 0.1) is 16.3 Å². The van der Waals surface area contributed by atoms with E-state index in [1.54, 1.807) is 18.2 Å². The summed E-state index contributed by atoms with van der Waals surface area (Å²) in [6, 6.07) is 9.82. The number of amides is 1. The van der Waals surface area contributed by atoms with E-state index in [9.17, 15) is 18.0 Å². The predicted molar refractivity (Wildman–Crippen MR) is 84.9 cm³/mol. The van der Waals surface area contributed by atoms with Gasteiger partial charge in [-0.1, -0.05) is 35.3 Å². The summed E-state index contributed by atoms with van der Waals surface area (Å²) in [5.41, 5.74) is -0.0626. The van der Waals surface area contributed by atoms with Crippen molar-refractivity contribution in [1.82, 2.24) is 0 Å². The fourth-order valence-corrected chi connectivity index (χ4v) is 2.34. The predicted octanol–water partition coefficient (Wildman–Crippen LogP) is 5.58. The number of carbonyl (C=O) groups excluding carboxylic acids is 1. The fraction of sp³-hybridized carbons (Fsp3) is 0.188.